The Bertz CT molecular complexity index is 1010. The Morgan fingerprint density at radius 3 is 2.31 bits per heavy atom. The predicted molar refractivity (Wildman–Crippen MR) is 113 cm³/mol. The summed E-state index contributed by atoms with van der Waals surface area (Å²) in [5.41, 5.74) is -0.672. The molecule has 2 N–H and O–H groups in total. The van der Waals surface area contributed by atoms with E-state index in [1.165, 1.54) is 6.07 Å². The fourth-order valence-electron chi connectivity index (χ4n) is 2.83. The molecule has 32 heavy (non-hydrogen) atoms. The molecule has 0 spiro atoms. The third-order valence-corrected chi connectivity index (χ3v) is 4.84. The Hall–Kier alpha value is -3.07. The highest BCUT2D eigenvalue weighted by molar-refractivity contribution is 6.34. The summed E-state index contributed by atoms with van der Waals surface area (Å²) < 4.78 is 44.4. The van der Waals surface area contributed by atoms with Crippen molar-refractivity contribution in [1.29, 1.82) is 0 Å². The molecule has 2 aromatic rings. The van der Waals surface area contributed by atoms with Gasteiger partial charge in [0.25, 0.3) is 11.8 Å². The minimum atomic E-state index is -4.74. The molecule has 0 bridgehead atoms. The first-order valence-electron chi connectivity index (χ1n) is 9.60. The van der Waals surface area contributed by atoms with Crippen molar-refractivity contribution in [2.45, 2.75) is 33.0 Å². The van der Waals surface area contributed by atoms with Crippen LogP contribution >= 0.6 is 11.6 Å². The number of hydrogen-bond donors (Lipinski definition) is 2. The molecular weight excluding hydrogens is 449 g/mol. The van der Waals surface area contributed by atoms with Gasteiger partial charge in [-0.15, -0.1) is 0 Å². The van der Waals surface area contributed by atoms with E-state index in [1.54, 1.807) is 45.0 Å². The molecule has 10 heteroatoms. The van der Waals surface area contributed by atoms with Crippen molar-refractivity contribution in [3.05, 3.63) is 64.2 Å². The second-order valence-electron chi connectivity index (χ2n) is 7.33. The van der Waals surface area contributed by atoms with Crippen LogP contribution in [0.2, 0.25) is 5.02 Å². The molecule has 0 fully saturated rings. The van der Waals surface area contributed by atoms with Gasteiger partial charge in [-0.05, 0) is 36.6 Å². The van der Waals surface area contributed by atoms with Crippen LogP contribution in [0.5, 0.6) is 0 Å². The summed E-state index contributed by atoms with van der Waals surface area (Å²) >= 11 is 5.79. The van der Waals surface area contributed by atoms with Gasteiger partial charge in [-0.25, -0.2) is 4.79 Å². The third-order valence-electron chi connectivity index (χ3n) is 4.53. The molecule has 0 unspecified atom stereocenters. The number of nitrogens with one attached hydrogen (secondary N) is 2. The van der Waals surface area contributed by atoms with Gasteiger partial charge in [0, 0.05) is 5.56 Å². The Kier molecular flexibility index (Phi) is 8.26. The summed E-state index contributed by atoms with van der Waals surface area (Å²) in [5, 5.41) is 4.28. The number of para-hydroxylation sites is 1. The van der Waals surface area contributed by atoms with Crippen LogP contribution in [0.25, 0.3) is 0 Å². The molecule has 0 aliphatic rings. The van der Waals surface area contributed by atoms with Gasteiger partial charge >= 0.3 is 12.1 Å². The zero-order chi connectivity index (χ0) is 24.1. The molecule has 0 saturated carbocycles. The number of rotatable bonds is 7. The number of esters is 1. The molecule has 0 aliphatic heterocycles. The summed E-state index contributed by atoms with van der Waals surface area (Å²) in [5.74, 6) is -2.77. The molecule has 6 nitrogen and oxygen atoms in total. The molecule has 2 aromatic carbocycles. The standard InChI is InChI=1S/C22H22ClF3N2O4/c1-12(2)18(28-20(30)14-8-5-4-7-13(14)3)21(31)32-11-17(29)27-19-15(22(24,25)26)9-6-10-16(19)23/h4-10,12,18H,11H2,1-3H3,(H,27,29)(H,28,30)/t18-/m0/s1. The van der Waals surface area contributed by atoms with Crippen molar-refractivity contribution in [3.63, 3.8) is 0 Å². The molecule has 0 aromatic heterocycles. The van der Waals surface area contributed by atoms with Gasteiger partial charge in [-0.3, -0.25) is 9.59 Å². The fourth-order valence-corrected chi connectivity index (χ4v) is 3.06. The Balaban J connectivity index is 2.05. The maximum Gasteiger partial charge on any atom is 0.418 e. The zero-order valence-electron chi connectivity index (χ0n) is 17.5. The molecule has 0 heterocycles. The van der Waals surface area contributed by atoms with E-state index in [0.717, 1.165) is 12.1 Å². The molecule has 2 amide bonds. The first-order chi connectivity index (χ1) is 14.9. The largest absolute Gasteiger partial charge is 0.454 e. The average Bonchev–Trinajstić information content (AvgIpc) is 2.70. The second kappa shape index (κ2) is 10.5. The molecular formula is C22H22ClF3N2O4. The monoisotopic (exact) mass is 470 g/mol. The Labute approximate surface area is 188 Å². The Morgan fingerprint density at radius 2 is 1.72 bits per heavy atom. The highest BCUT2D eigenvalue weighted by Crippen LogP contribution is 2.38. The highest BCUT2D eigenvalue weighted by atomic mass is 35.5. The quantitative estimate of drug-likeness (QED) is 0.579. The SMILES string of the molecule is Cc1ccccc1C(=O)N[C@H](C(=O)OCC(=O)Nc1c(Cl)cccc1C(F)(F)F)C(C)C. The van der Waals surface area contributed by atoms with Gasteiger partial charge in [0.1, 0.15) is 6.04 Å². The van der Waals surface area contributed by atoms with Crippen LogP contribution in [0.1, 0.15) is 35.3 Å². The first-order valence-corrected chi connectivity index (χ1v) is 9.98. The number of alkyl halides is 3. The predicted octanol–water partition coefficient (Wildman–Crippen LogP) is 4.60. The van der Waals surface area contributed by atoms with Crippen LogP contribution in [-0.2, 0) is 20.5 Å². The van der Waals surface area contributed by atoms with Gasteiger partial charge in [-0.2, -0.15) is 13.2 Å². The smallest absolute Gasteiger partial charge is 0.418 e. The number of halogens is 4. The van der Waals surface area contributed by atoms with E-state index < -0.39 is 47.9 Å². The lowest BCUT2D eigenvalue weighted by atomic mass is 10.0. The molecule has 0 aliphatic carbocycles. The number of aryl methyl sites for hydroxylation is 1. The van der Waals surface area contributed by atoms with Gasteiger partial charge in [0.05, 0.1) is 16.3 Å². The minimum Gasteiger partial charge on any atom is -0.454 e. The van der Waals surface area contributed by atoms with E-state index in [-0.39, 0.29) is 10.9 Å². The van der Waals surface area contributed by atoms with Crippen LogP contribution < -0.4 is 10.6 Å². The molecule has 2 rings (SSSR count). The lowest BCUT2D eigenvalue weighted by Gasteiger charge is -2.21. The van der Waals surface area contributed by atoms with Gasteiger partial charge in [0.15, 0.2) is 6.61 Å². The zero-order valence-corrected chi connectivity index (χ0v) is 18.3. The van der Waals surface area contributed by atoms with Crippen molar-refractivity contribution in [2.24, 2.45) is 5.92 Å². The van der Waals surface area contributed by atoms with E-state index in [2.05, 4.69) is 5.32 Å². The fraction of sp³-hybridized carbons (Fsp3) is 0.318. The summed E-state index contributed by atoms with van der Waals surface area (Å²) in [4.78, 5) is 37.1. The van der Waals surface area contributed by atoms with Gasteiger partial charge < -0.3 is 15.4 Å². The normalized spacial score (nSPS) is 12.2. The van der Waals surface area contributed by atoms with Crippen molar-refractivity contribution in [1.82, 2.24) is 5.32 Å². The molecule has 1 atom stereocenters. The summed E-state index contributed by atoms with van der Waals surface area (Å²) in [7, 11) is 0. The van der Waals surface area contributed by atoms with Crippen LogP contribution in [-0.4, -0.2) is 30.4 Å². The minimum absolute atomic E-state index is 0.315. The van der Waals surface area contributed by atoms with Gasteiger partial charge in [0.2, 0.25) is 0 Å². The number of carbonyl (C=O) groups is 3. The van der Waals surface area contributed by atoms with Crippen LogP contribution in [0.15, 0.2) is 42.5 Å². The second-order valence-corrected chi connectivity index (χ2v) is 7.73. The van der Waals surface area contributed by atoms with Crippen molar-refractivity contribution < 1.29 is 32.3 Å². The maximum atomic E-state index is 13.1. The number of carbonyl (C=O) groups excluding carboxylic acids is 3. The number of anilines is 1. The first kappa shape index (κ1) is 25.2. The maximum absolute atomic E-state index is 13.1. The van der Waals surface area contributed by atoms with E-state index in [9.17, 15) is 27.6 Å². The number of benzene rings is 2. The van der Waals surface area contributed by atoms with Crippen molar-refractivity contribution in [2.75, 3.05) is 11.9 Å². The van der Waals surface area contributed by atoms with E-state index in [0.29, 0.717) is 11.1 Å². The lowest BCUT2D eigenvalue weighted by Crippen LogP contribution is -2.46. The van der Waals surface area contributed by atoms with Crippen LogP contribution in [0.3, 0.4) is 0 Å². The van der Waals surface area contributed by atoms with E-state index >= 15 is 0 Å². The highest BCUT2D eigenvalue weighted by Gasteiger charge is 2.35. The van der Waals surface area contributed by atoms with Crippen LogP contribution in [0.4, 0.5) is 18.9 Å². The average molecular weight is 471 g/mol. The van der Waals surface area contributed by atoms with Crippen molar-refractivity contribution >= 4 is 35.1 Å². The molecule has 172 valence electrons. The lowest BCUT2D eigenvalue weighted by molar-refractivity contribution is -0.150. The number of ether oxygens (including phenoxy) is 1. The molecule has 0 saturated heterocycles. The number of hydrogen-bond acceptors (Lipinski definition) is 4. The summed E-state index contributed by atoms with van der Waals surface area (Å²) in [6, 6.07) is 8.78. The van der Waals surface area contributed by atoms with E-state index in [4.69, 9.17) is 16.3 Å². The van der Waals surface area contributed by atoms with Gasteiger partial charge in [-0.1, -0.05) is 49.7 Å². The third kappa shape index (κ3) is 6.46. The van der Waals surface area contributed by atoms with Crippen molar-refractivity contribution in [3.8, 4) is 0 Å². The summed E-state index contributed by atoms with van der Waals surface area (Å²) in [6.45, 7) is 4.23. The Morgan fingerprint density at radius 1 is 1.06 bits per heavy atom. The van der Waals surface area contributed by atoms with Crippen LogP contribution in [0, 0.1) is 12.8 Å². The van der Waals surface area contributed by atoms with E-state index in [1.807, 2.05) is 5.32 Å². The summed E-state index contributed by atoms with van der Waals surface area (Å²) in [6.07, 6.45) is -4.74. The topological polar surface area (TPSA) is 84.5 Å². The number of amides is 2. The molecule has 0 radical (unpaired) electrons.